The molecule has 0 saturated carbocycles. The van der Waals surface area contributed by atoms with Gasteiger partial charge in [0.05, 0.1) is 11.0 Å². The second kappa shape index (κ2) is 4.21. The first kappa shape index (κ1) is 11.6. The lowest BCUT2D eigenvalue weighted by atomic mass is 9.98. The normalized spacial score (nSPS) is 13.6. The van der Waals surface area contributed by atoms with Crippen molar-refractivity contribution in [2.45, 2.75) is 33.6 Å². The van der Waals surface area contributed by atoms with E-state index in [0.29, 0.717) is 11.8 Å². The smallest absolute Gasteiger partial charge is 0.110 e. The van der Waals surface area contributed by atoms with Crippen molar-refractivity contribution in [3.05, 3.63) is 28.0 Å². The number of benzene rings is 1. The van der Waals surface area contributed by atoms with E-state index >= 15 is 0 Å². The molecule has 2 rings (SSSR count). The summed E-state index contributed by atoms with van der Waals surface area (Å²) in [6, 6.07) is 4.19. The van der Waals surface area contributed by atoms with Crippen LogP contribution >= 0.6 is 15.9 Å². The molecule has 0 aliphatic carbocycles. The number of rotatable bonds is 2. The van der Waals surface area contributed by atoms with Crippen LogP contribution in [0.5, 0.6) is 0 Å². The lowest BCUT2D eigenvalue weighted by Crippen LogP contribution is -2.03. The fraction of sp³-hybridized carbons (Fsp3) is 0.462. The number of nitrogens with one attached hydrogen (secondary N) is 1. The van der Waals surface area contributed by atoms with Gasteiger partial charge < -0.3 is 4.98 Å². The average Bonchev–Trinajstić information content (AvgIpc) is 2.60. The highest BCUT2D eigenvalue weighted by atomic mass is 79.9. The van der Waals surface area contributed by atoms with E-state index < -0.39 is 0 Å². The molecule has 0 amide bonds. The van der Waals surface area contributed by atoms with Gasteiger partial charge in [0.1, 0.15) is 5.82 Å². The maximum atomic E-state index is 4.70. The molecule has 16 heavy (non-hydrogen) atoms. The van der Waals surface area contributed by atoms with Crippen molar-refractivity contribution in [3.63, 3.8) is 0 Å². The number of aromatic amines is 1. The number of H-pyrrole nitrogens is 1. The Bertz CT molecular complexity index is 514. The second-order valence-electron chi connectivity index (χ2n) is 4.77. The Labute approximate surface area is 105 Å². The molecule has 1 atom stereocenters. The number of imidazole rings is 1. The molecule has 2 nitrogen and oxygen atoms in total. The third-order valence-electron chi connectivity index (χ3n) is 3.19. The first-order chi connectivity index (χ1) is 7.49. The molecule has 1 N–H and O–H groups in total. The van der Waals surface area contributed by atoms with Crippen molar-refractivity contribution in [3.8, 4) is 0 Å². The number of hydrogen-bond donors (Lipinski definition) is 1. The highest BCUT2D eigenvalue weighted by Gasteiger charge is 2.15. The molecule has 0 saturated heterocycles. The molecule has 0 aliphatic rings. The first-order valence-corrected chi connectivity index (χ1v) is 6.44. The third-order valence-corrected chi connectivity index (χ3v) is 3.65. The maximum absolute atomic E-state index is 4.70. The Hall–Kier alpha value is -0.830. The van der Waals surface area contributed by atoms with Gasteiger partial charge in [-0.05, 0) is 30.5 Å². The van der Waals surface area contributed by atoms with Crippen LogP contribution < -0.4 is 0 Å². The molecule has 0 aliphatic heterocycles. The van der Waals surface area contributed by atoms with Crippen LogP contribution in [0.4, 0.5) is 0 Å². The Kier molecular flexibility index (Phi) is 3.06. The fourth-order valence-electron chi connectivity index (χ4n) is 1.80. The monoisotopic (exact) mass is 280 g/mol. The van der Waals surface area contributed by atoms with E-state index in [1.165, 1.54) is 5.56 Å². The summed E-state index contributed by atoms with van der Waals surface area (Å²) < 4.78 is 1.10. The molecule has 1 unspecified atom stereocenters. The average molecular weight is 281 g/mol. The van der Waals surface area contributed by atoms with Crippen molar-refractivity contribution >= 4 is 27.0 Å². The number of nitrogens with zero attached hydrogens (tertiary/aromatic N) is 1. The van der Waals surface area contributed by atoms with E-state index in [-0.39, 0.29) is 0 Å². The number of halogens is 1. The molecule has 1 aromatic heterocycles. The van der Waals surface area contributed by atoms with E-state index in [2.05, 4.69) is 60.7 Å². The number of aromatic nitrogens is 2. The zero-order valence-electron chi connectivity index (χ0n) is 10.1. The molecule has 1 aromatic carbocycles. The third kappa shape index (κ3) is 2.01. The van der Waals surface area contributed by atoms with Crippen molar-refractivity contribution in [1.29, 1.82) is 0 Å². The van der Waals surface area contributed by atoms with Crippen molar-refractivity contribution in [2.75, 3.05) is 0 Å². The zero-order chi connectivity index (χ0) is 11.9. The van der Waals surface area contributed by atoms with Gasteiger partial charge in [0, 0.05) is 10.4 Å². The van der Waals surface area contributed by atoms with E-state index in [0.717, 1.165) is 21.3 Å². The zero-order valence-corrected chi connectivity index (χ0v) is 11.7. The van der Waals surface area contributed by atoms with Gasteiger partial charge in [-0.15, -0.1) is 0 Å². The molecule has 1 heterocycles. The van der Waals surface area contributed by atoms with Gasteiger partial charge >= 0.3 is 0 Å². The van der Waals surface area contributed by atoms with Crippen molar-refractivity contribution < 1.29 is 0 Å². The maximum Gasteiger partial charge on any atom is 0.110 e. The van der Waals surface area contributed by atoms with Crippen LogP contribution in [-0.4, -0.2) is 9.97 Å². The van der Waals surface area contributed by atoms with Gasteiger partial charge in [-0.2, -0.15) is 0 Å². The molecule has 0 radical (unpaired) electrons. The Morgan fingerprint density at radius 2 is 1.94 bits per heavy atom. The van der Waals surface area contributed by atoms with Crippen LogP contribution in [0.1, 0.15) is 38.1 Å². The molecule has 2 aromatic rings. The largest absolute Gasteiger partial charge is 0.342 e. The predicted octanol–water partition coefficient (Wildman–Crippen LogP) is 4.39. The summed E-state index contributed by atoms with van der Waals surface area (Å²) in [7, 11) is 0. The molecular weight excluding hydrogens is 264 g/mol. The minimum atomic E-state index is 0.463. The fourth-order valence-corrected chi connectivity index (χ4v) is 2.37. The molecule has 86 valence electrons. The predicted molar refractivity (Wildman–Crippen MR) is 71.8 cm³/mol. The number of hydrogen-bond acceptors (Lipinski definition) is 1. The van der Waals surface area contributed by atoms with Gasteiger partial charge in [0.2, 0.25) is 0 Å². The van der Waals surface area contributed by atoms with Gasteiger partial charge in [-0.3, -0.25) is 0 Å². The van der Waals surface area contributed by atoms with E-state index in [4.69, 9.17) is 4.98 Å². The van der Waals surface area contributed by atoms with Gasteiger partial charge in [-0.1, -0.05) is 36.7 Å². The van der Waals surface area contributed by atoms with Crippen LogP contribution in [0.25, 0.3) is 11.0 Å². The highest BCUT2D eigenvalue weighted by molar-refractivity contribution is 9.10. The van der Waals surface area contributed by atoms with Crippen molar-refractivity contribution in [1.82, 2.24) is 9.97 Å². The Morgan fingerprint density at radius 3 is 2.56 bits per heavy atom. The first-order valence-electron chi connectivity index (χ1n) is 5.64. The van der Waals surface area contributed by atoms with Crippen LogP contribution in [0.2, 0.25) is 0 Å². The van der Waals surface area contributed by atoms with Crippen LogP contribution in [0.15, 0.2) is 16.6 Å². The highest BCUT2D eigenvalue weighted by Crippen LogP contribution is 2.27. The summed E-state index contributed by atoms with van der Waals surface area (Å²) in [4.78, 5) is 8.12. The summed E-state index contributed by atoms with van der Waals surface area (Å²) >= 11 is 3.51. The molecular formula is C13H17BrN2. The SMILES string of the molecule is Cc1cc(Br)cc2[nH]c(C(C)C(C)C)nc12. The number of fused-ring (bicyclic) bond motifs is 1. The topological polar surface area (TPSA) is 28.7 Å². The lowest BCUT2D eigenvalue weighted by molar-refractivity contribution is 0.515. The number of aryl methyl sites for hydroxylation is 1. The van der Waals surface area contributed by atoms with E-state index in [1.54, 1.807) is 0 Å². The molecule has 0 bridgehead atoms. The summed E-state index contributed by atoms with van der Waals surface area (Å²) in [5, 5.41) is 0. The van der Waals surface area contributed by atoms with Gasteiger partial charge in [0.25, 0.3) is 0 Å². The van der Waals surface area contributed by atoms with Crippen molar-refractivity contribution in [2.24, 2.45) is 5.92 Å². The minimum Gasteiger partial charge on any atom is -0.342 e. The molecule has 0 spiro atoms. The van der Waals surface area contributed by atoms with Crippen LogP contribution in [0, 0.1) is 12.8 Å². The second-order valence-corrected chi connectivity index (χ2v) is 5.69. The van der Waals surface area contributed by atoms with E-state index in [9.17, 15) is 0 Å². The summed E-state index contributed by atoms with van der Waals surface area (Å²) in [6.07, 6.45) is 0. The summed E-state index contributed by atoms with van der Waals surface area (Å²) in [6.45, 7) is 8.76. The van der Waals surface area contributed by atoms with Gasteiger partial charge in [0.15, 0.2) is 0 Å². The summed E-state index contributed by atoms with van der Waals surface area (Å²) in [5.74, 6) is 2.15. The van der Waals surface area contributed by atoms with Crippen LogP contribution in [0.3, 0.4) is 0 Å². The Morgan fingerprint density at radius 1 is 1.25 bits per heavy atom. The minimum absolute atomic E-state index is 0.463. The quantitative estimate of drug-likeness (QED) is 0.868. The molecule has 3 heteroatoms. The van der Waals surface area contributed by atoms with E-state index in [1.807, 2.05) is 0 Å². The summed E-state index contributed by atoms with van der Waals surface area (Å²) in [5.41, 5.74) is 3.42. The Balaban J connectivity index is 2.56. The van der Waals surface area contributed by atoms with Crippen LogP contribution in [-0.2, 0) is 0 Å². The standard InChI is InChI=1S/C13H17BrN2/c1-7(2)9(4)13-15-11-6-10(14)5-8(3)12(11)16-13/h5-7,9H,1-4H3,(H,15,16). The molecule has 0 fully saturated rings. The van der Waals surface area contributed by atoms with Gasteiger partial charge in [-0.25, -0.2) is 4.98 Å². The lowest BCUT2D eigenvalue weighted by Gasteiger charge is -2.11.